The summed E-state index contributed by atoms with van der Waals surface area (Å²) in [5.74, 6) is 0.623. The van der Waals surface area contributed by atoms with Crippen LogP contribution < -0.4 is 11.1 Å². The molecule has 0 aromatic carbocycles. The van der Waals surface area contributed by atoms with Crippen molar-refractivity contribution in [2.75, 3.05) is 12.3 Å². The van der Waals surface area contributed by atoms with Gasteiger partial charge in [0.1, 0.15) is 0 Å². The Kier molecular flexibility index (Phi) is 4.30. The van der Waals surface area contributed by atoms with Crippen LogP contribution in [-0.4, -0.2) is 11.5 Å². The molecule has 90 valence electrons. The fourth-order valence-corrected chi connectivity index (χ4v) is 1.31. The Balaban J connectivity index is 2.40. The average molecular weight is 221 g/mol. The van der Waals surface area contributed by atoms with Gasteiger partial charge in [0.15, 0.2) is 0 Å². The van der Waals surface area contributed by atoms with Crippen LogP contribution in [0.15, 0.2) is 18.3 Å². The first kappa shape index (κ1) is 13.0. The van der Waals surface area contributed by atoms with E-state index in [0.29, 0.717) is 11.3 Å². The largest absolute Gasteiger partial charge is 0.397 e. The molecular formula is C13H23N3. The van der Waals surface area contributed by atoms with E-state index in [4.69, 9.17) is 5.73 Å². The molecule has 0 saturated carbocycles. The molecule has 0 saturated heterocycles. The zero-order valence-electron chi connectivity index (χ0n) is 10.7. The van der Waals surface area contributed by atoms with Gasteiger partial charge in [-0.05, 0) is 30.0 Å². The maximum absolute atomic E-state index is 5.82. The van der Waals surface area contributed by atoms with Crippen molar-refractivity contribution in [1.82, 2.24) is 10.3 Å². The summed E-state index contributed by atoms with van der Waals surface area (Å²) in [7, 11) is 0. The summed E-state index contributed by atoms with van der Waals surface area (Å²) < 4.78 is 0. The van der Waals surface area contributed by atoms with Gasteiger partial charge in [-0.1, -0.05) is 27.7 Å². The number of pyridine rings is 1. The Labute approximate surface area is 98.5 Å². The van der Waals surface area contributed by atoms with E-state index in [-0.39, 0.29) is 0 Å². The molecule has 3 nitrogen and oxygen atoms in total. The third-order valence-corrected chi connectivity index (χ3v) is 3.15. The van der Waals surface area contributed by atoms with Crippen molar-refractivity contribution in [1.29, 1.82) is 0 Å². The van der Waals surface area contributed by atoms with E-state index in [1.54, 1.807) is 6.20 Å². The fourth-order valence-electron chi connectivity index (χ4n) is 1.31. The molecular weight excluding hydrogens is 198 g/mol. The van der Waals surface area contributed by atoms with Crippen molar-refractivity contribution in [3.63, 3.8) is 0 Å². The van der Waals surface area contributed by atoms with Gasteiger partial charge in [0.2, 0.25) is 0 Å². The molecule has 1 unspecified atom stereocenters. The smallest absolute Gasteiger partial charge is 0.0770 e. The molecule has 3 heteroatoms. The number of nitrogens with zero attached hydrogens (tertiary/aromatic N) is 1. The molecule has 1 heterocycles. The highest BCUT2D eigenvalue weighted by Gasteiger charge is 2.19. The quantitative estimate of drug-likeness (QED) is 0.821. The van der Waals surface area contributed by atoms with Crippen LogP contribution in [0.1, 0.15) is 33.4 Å². The van der Waals surface area contributed by atoms with E-state index in [2.05, 4.69) is 38.0 Å². The van der Waals surface area contributed by atoms with Crippen LogP contribution in [0.25, 0.3) is 0 Å². The SMILES string of the molecule is CC(CNCc1ncccc1N)C(C)(C)C. The lowest BCUT2D eigenvalue weighted by molar-refractivity contribution is 0.252. The first-order valence-corrected chi connectivity index (χ1v) is 5.81. The highest BCUT2D eigenvalue weighted by atomic mass is 14.9. The van der Waals surface area contributed by atoms with Crippen molar-refractivity contribution in [2.24, 2.45) is 11.3 Å². The molecule has 1 aromatic rings. The first-order chi connectivity index (χ1) is 7.41. The molecule has 1 atom stereocenters. The van der Waals surface area contributed by atoms with E-state index in [1.165, 1.54) is 0 Å². The summed E-state index contributed by atoms with van der Waals surface area (Å²) in [6.07, 6.45) is 1.78. The maximum atomic E-state index is 5.82. The van der Waals surface area contributed by atoms with E-state index < -0.39 is 0 Å². The average Bonchev–Trinajstić information content (AvgIpc) is 2.19. The monoisotopic (exact) mass is 221 g/mol. The Morgan fingerprint density at radius 3 is 2.69 bits per heavy atom. The van der Waals surface area contributed by atoms with Gasteiger partial charge in [-0.3, -0.25) is 4.98 Å². The van der Waals surface area contributed by atoms with Gasteiger partial charge in [-0.2, -0.15) is 0 Å². The van der Waals surface area contributed by atoms with Crippen LogP contribution in [0.4, 0.5) is 5.69 Å². The lowest BCUT2D eigenvalue weighted by Crippen LogP contribution is -2.29. The lowest BCUT2D eigenvalue weighted by Gasteiger charge is -2.27. The summed E-state index contributed by atoms with van der Waals surface area (Å²) >= 11 is 0. The summed E-state index contributed by atoms with van der Waals surface area (Å²) in [5, 5.41) is 3.41. The van der Waals surface area contributed by atoms with Gasteiger partial charge in [0.25, 0.3) is 0 Å². The van der Waals surface area contributed by atoms with Crippen molar-refractivity contribution in [3.8, 4) is 0 Å². The number of rotatable bonds is 4. The van der Waals surface area contributed by atoms with Gasteiger partial charge in [-0.25, -0.2) is 0 Å². The molecule has 0 radical (unpaired) electrons. The molecule has 0 bridgehead atoms. The van der Waals surface area contributed by atoms with E-state index in [1.807, 2.05) is 12.1 Å². The molecule has 1 aromatic heterocycles. The highest BCUT2D eigenvalue weighted by molar-refractivity contribution is 5.41. The molecule has 0 spiro atoms. The number of aromatic nitrogens is 1. The third-order valence-electron chi connectivity index (χ3n) is 3.15. The number of anilines is 1. The minimum absolute atomic E-state index is 0.336. The lowest BCUT2D eigenvalue weighted by atomic mass is 9.82. The van der Waals surface area contributed by atoms with Crippen molar-refractivity contribution in [3.05, 3.63) is 24.0 Å². The fraction of sp³-hybridized carbons (Fsp3) is 0.615. The van der Waals surface area contributed by atoms with Gasteiger partial charge in [0, 0.05) is 12.7 Å². The van der Waals surface area contributed by atoms with Crippen molar-refractivity contribution >= 4 is 5.69 Å². The second kappa shape index (κ2) is 5.30. The number of nitrogens with one attached hydrogen (secondary N) is 1. The van der Waals surface area contributed by atoms with Crippen LogP contribution in [0.5, 0.6) is 0 Å². The summed E-state index contributed by atoms with van der Waals surface area (Å²) in [5.41, 5.74) is 7.85. The van der Waals surface area contributed by atoms with Crippen LogP contribution in [0, 0.1) is 11.3 Å². The number of hydrogen-bond donors (Lipinski definition) is 2. The van der Waals surface area contributed by atoms with Crippen LogP contribution >= 0.6 is 0 Å². The molecule has 0 aliphatic heterocycles. The van der Waals surface area contributed by atoms with Crippen LogP contribution in [0.3, 0.4) is 0 Å². The molecule has 0 aliphatic rings. The summed E-state index contributed by atoms with van der Waals surface area (Å²) in [6, 6.07) is 3.74. The Morgan fingerprint density at radius 2 is 2.12 bits per heavy atom. The van der Waals surface area contributed by atoms with E-state index in [9.17, 15) is 0 Å². The Hall–Kier alpha value is -1.09. The second-order valence-electron chi connectivity index (χ2n) is 5.44. The molecule has 0 fully saturated rings. The molecule has 3 N–H and O–H groups in total. The Bertz CT molecular complexity index is 328. The minimum atomic E-state index is 0.336. The topological polar surface area (TPSA) is 50.9 Å². The number of hydrogen-bond acceptors (Lipinski definition) is 3. The van der Waals surface area contributed by atoms with E-state index >= 15 is 0 Å². The van der Waals surface area contributed by atoms with Gasteiger partial charge in [-0.15, -0.1) is 0 Å². The predicted octanol–water partition coefficient (Wildman–Crippen LogP) is 2.44. The first-order valence-electron chi connectivity index (χ1n) is 5.81. The molecule has 0 aliphatic carbocycles. The predicted molar refractivity (Wildman–Crippen MR) is 69.0 cm³/mol. The maximum Gasteiger partial charge on any atom is 0.0770 e. The summed E-state index contributed by atoms with van der Waals surface area (Å²) in [4.78, 5) is 4.25. The van der Waals surface area contributed by atoms with Crippen LogP contribution in [0.2, 0.25) is 0 Å². The molecule has 1 rings (SSSR count). The Morgan fingerprint density at radius 1 is 1.44 bits per heavy atom. The van der Waals surface area contributed by atoms with Gasteiger partial charge >= 0.3 is 0 Å². The zero-order chi connectivity index (χ0) is 12.2. The number of nitrogens with two attached hydrogens (primary N) is 1. The van der Waals surface area contributed by atoms with Crippen molar-refractivity contribution in [2.45, 2.75) is 34.2 Å². The van der Waals surface area contributed by atoms with Gasteiger partial charge in [0.05, 0.1) is 11.4 Å². The van der Waals surface area contributed by atoms with Crippen LogP contribution in [-0.2, 0) is 6.54 Å². The minimum Gasteiger partial charge on any atom is -0.397 e. The third kappa shape index (κ3) is 3.81. The number of nitrogen functional groups attached to an aromatic ring is 1. The van der Waals surface area contributed by atoms with Crippen molar-refractivity contribution < 1.29 is 0 Å². The normalized spacial score (nSPS) is 13.8. The van der Waals surface area contributed by atoms with Gasteiger partial charge < -0.3 is 11.1 Å². The molecule has 16 heavy (non-hydrogen) atoms. The highest BCUT2D eigenvalue weighted by Crippen LogP contribution is 2.24. The standard InChI is InChI=1S/C13H23N3/c1-10(13(2,3)4)8-15-9-12-11(14)6-5-7-16-12/h5-7,10,15H,8-9,14H2,1-4H3. The zero-order valence-corrected chi connectivity index (χ0v) is 10.7. The van der Waals surface area contributed by atoms with E-state index in [0.717, 1.165) is 24.5 Å². The second-order valence-corrected chi connectivity index (χ2v) is 5.44. The summed E-state index contributed by atoms with van der Waals surface area (Å²) in [6.45, 7) is 10.8. The molecule has 0 amide bonds.